The van der Waals surface area contributed by atoms with Crippen LogP contribution in [-0.4, -0.2) is 0 Å². The molecule has 11 aromatic rings. The first-order valence-electron chi connectivity index (χ1n) is 17.5. The van der Waals surface area contributed by atoms with E-state index in [4.69, 9.17) is 13.3 Å². The van der Waals surface area contributed by atoms with E-state index in [1.165, 1.54) is 5.56 Å². The number of rotatable bonds is 5. The van der Waals surface area contributed by atoms with Gasteiger partial charge in [0.1, 0.15) is 22.3 Å². The molecule has 0 radical (unpaired) electrons. The van der Waals surface area contributed by atoms with Gasteiger partial charge in [-0.3, -0.25) is 0 Å². The lowest BCUT2D eigenvalue weighted by Crippen LogP contribution is -2.10. The van der Waals surface area contributed by atoms with E-state index in [9.17, 15) is 0 Å². The lowest BCUT2D eigenvalue weighted by molar-refractivity contribution is 0.662. The zero-order valence-electron chi connectivity index (χ0n) is 27.9. The number of hydrogen-bond donors (Lipinski definition) is 0. The second-order valence-electron chi connectivity index (χ2n) is 13.2. The zero-order chi connectivity index (χ0) is 34.2. The van der Waals surface area contributed by atoms with Crippen LogP contribution in [0.5, 0.6) is 0 Å². The molecule has 4 heteroatoms. The van der Waals surface area contributed by atoms with Crippen LogP contribution in [-0.2, 0) is 0 Å². The summed E-state index contributed by atoms with van der Waals surface area (Å²) in [5.74, 6) is 0. The fourth-order valence-corrected chi connectivity index (χ4v) is 7.89. The van der Waals surface area contributed by atoms with Gasteiger partial charge in [0.2, 0.25) is 0 Å². The summed E-state index contributed by atoms with van der Waals surface area (Å²) in [6, 6.07) is 61.2. The van der Waals surface area contributed by atoms with Crippen LogP contribution in [0.3, 0.4) is 0 Å². The molecule has 0 saturated carbocycles. The molecule has 3 aromatic heterocycles. The molecule has 8 aromatic carbocycles. The molecule has 0 unspecified atom stereocenters. The van der Waals surface area contributed by atoms with Crippen molar-refractivity contribution in [1.29, 1.82) is 0 Å². The Morgan fingerprint density at radius 2 is 0.846 bits per heavy atom. The molecular weight excluding hydrogens is 639 g/mol. The first kappa shape index (κ1) is 28.8. The Kier molecular flexibility index (Phi) is 6.22. The highest BCUT2D eigenvalue weighted by atomic mass is 16.3. The van der Waals surface area contributed by atoms with Crippen molar-refractivity contribution in [2.24, 2.45) is 0 Å². The molecule has 52 heavy (non-hydrogen) atoms. The quantitative estimate of drug-likeness (QED) is 0.183. The van der Waals surface area contributed by atoms with Gasteiger partial charge < -0.3 is 18.2 Å². The minimum atomic E-state index is 0.792. The fourth-order valence-electron chi connectivity index (χ4n) is 7.89. The first-order valence-corrected chi connectivity index (χ1v) is 17.5. The Hall–Kier alpha value is -7.04. The number of para-hydroxylation sites is 4. The highest BCUT2D eigenvalue weighted by molar-refractivity contribution is 6.23. The predicted molar refractivity (Wildman–Crippen MR) is 214 cm³/mol. The number of hydrogen-bond acceptors (Lipinski definition) is 4. The maximum atomic E-state index is 7.00. The monoisotopic (exact) mass is 667 g/mol. The van der Waals surface area contributed by atoms with Crippen molar-refractivity contribution in [2.45, 2.75) is 0 Å². The molecule has 244 valence electrons. The van der Waals surface area contributed by atoms with E-state index >= 15 is 0 Å². The summed E-state index contributed by atoms with van der Waals surface area (Å²) in [7, 11) is 0. The second-order valence-corrected chi connectivity index (χ2v) is 13.2. The minimum absolute atomic E-state index is 0.792. The van der Waals surface area contributed by atoms with Crippen LogP contribution in [0.25, 0.3) is 88.1 Å². The maximum absolute atomic E-state index is 7.00. The lowest BCUT2D eigenvalue weighted by Gasteiger charge is -2.25. The highest BCUT2D eigenvalue weighted by Crippen LogP contribution is 2.48. The summed E-state index contributed by atoms with van der Waals surface area (Å²) < 4.78 is 20.2. The molecule has 3 heterocycles. The van der Waals surface area contributed by atoms with E-state index < -0.39 is 0 Å². The summed E-state index contributed by atoms with van der Waals surface area (Å²) in [6.07, 6.45) is 0. The Balaban J connectivity index is 1.19. The highest BCUT2D eigenvalue weighted by Gasteiger charge is 2.25. The van der Waals surface area contributed by atoms with Crippen molar-refractivity contribution >= 4 is 82.9 Å². The van der Waals surface area contributed by atoms with Gasteiger partial charge in [-0.25, -0.2) is 0 Å². The van der Waals surface area contributed by atoms with Gasteiger partial charge in [0.15, 0.2) is 11.2 Å². The van der Waals surface area contributed by atoms with Crippen LogP contribution in [0.15, 0.2) is 189 Å². The average molecular weight is 668 g/mol. The third-order valence-corrected chi connectivity index (χ3v) is 10.3. The molecule has 0 N–H and O–H groups in total. The van der Waals surface area contributed by atoms with Gasteiger partial charge in [-0.05, 0) is 59.2 Å². The summed E-state index contributed by atoms with van der Waals surface area (Å²) in [5, 5.41) is 6.24. The van der Waals surface area contributed by atoms with Crippen LogP contribution in [0.2, 0.25) is 0 Å². The van der Waals surface area contributed by atoms with Crippen molar-refractivity contribution in [3.05, 3.63) is 176 Å². The van der Waals surface area contributed by atoms with Crippen LogP contribution < -0.4 is 4.90 Å². The predicted octanol–water partition coefficient (Wildman–Crippen LogP) is 14.2. The molecule has 4 nitrogen and oxygen atoms in total. The van der Waals surface area contributed by atoms with Gasteiger partial charge in [-0.2, -0.15) is 0 Å². The molecule has 0 atom stereocenters. The molecule has 0 fully saturated rings. The fraction of sp³-hybridized carbons (Fsp3) is 0. The summed E-state index contributed by atoms with van der Waals surface area (Å²) in [5.41, 5.74) is 12.3. The molecule has 0 saturated heterocycles. The van der Waals surface area contributed by atoms with E-state index in [1.54, 1.807) is 0 Å². The first-order chi connectivity index (χ1) is 25.8. The van der Waals surface area contributed by atoms with Crippen molar-refractivity contribution in [3.8, 4) is 22.3 Å². The molecule has 0 spiro atoms. The molecule has 0 bridgehead atoms. The minimum Gasteiger partial charge on any atom is -0.456 e. The van der Waals surface area contributed by atoms with E-state index in [1.807, 2.05) is 30.3 Å². The van der Waals surface area contributed by atoms with Crippen LogP contribution in [0.4, 0.5) is 17.1 Å². The molecule has 11 rings (SSSR count). The van der Waals surface area contributed by atoms with Gasteiger partial charge in [0.05, 0.1) is 16.8 Å². The number of anilines is 3. The lowest BCUT2D eigenvalue weighted by atomic mass is 10.0. The average Bonchev–Trinajstić information content (AvgIpc) is 3.91. The van der Waals surface area contributed by atoms with Crippen molar-refractivity contribution in [2.75, 3.05) is 4.90 Å². The van der Waals surface area contributed by atoms with Gasteiger partial charge >= 0.3 is 0 Å². The largest absolute Gasteiger partial charge is 0.456 e. The number of fused-ring (bicyclic) bond motifs is 10. The number of benzene rings is 8. The van der Waals surface area contributed by atoms with E-state index in [0.717, 1.165) is 99.6 Å². The Labute approximate surface area is 298 Å². The van der Waals surface area contributed by atoms with E-state index in [-0.39, 0.29) is 0 Å². The normalized spacial score (nSPS) is 11.8. The molecule has 0 aliphatic rings. The standard InChI is InChI=1S/C48H29NO3/c1-3-12-30(13-4-1)31-24-26-33(27-25-31)49(40-21-10-19-36-35-18-9-17-34(45(35)51-46(36)40)32-14-5-2-6-15-32)41-22-11-20-37-38-28-29-43-44(48(38)52-47(37)41)39-16-7-8-23-42(39)50-43/h1-29H. The summed E-state index contributed by atoms with van der Waals surface area (Å²) in [6.45, 7) is 0. The van der Waals surface area contributed by atoms with Crippen molar-refractivity contribution < 1.29 is 13.3 Å². The third kappa shape index (κ3) is 4.28. The van der Waals surface area contributed by atoms with Crippen LogP contribution in [0, 0.1) is 0 Å². The second kappa shape index (κ2) is 11.2. The summed E-state index contributed by atoms with van der Waals surface area (Å²) in [4.78, 5) is 2.27. The maximum Gasteiger partial charge on any atom is 0.159 e. The third-order valence-electron chi connectivity index (χ3n) is 10.3. The Morgan fingerprint density at radius 3 is 1.56 bits per heavy atom. The number of nitrogens with zero attached hydrogens (tertiary/aromatic N) is 1. The van der Waals surface area contributed by atoms with E-state index in [2.05, 4.69) is 150 Å². The van der Waals surface area contributed by atoms with Crippen LogP contribution >= 0.6 is 0 Å². The number of furan rings is 3. The van der Waals surface area contributed by atoms with Gasteiger partial charge in [0.25, 0.3) is 0 Å². The SMILES string of the molecule is c1ccc(-c2ccc(N(c3cccc4c3oc3c(-c5ccccc5)cccc34)c3cccc4c3oc3c4ccc4oc5ccccc5c43)cc2)cc1. The molecule has 0 aliphatic carbocycles. The van der Waals surface area contributed by atoms with E-state index in [0.29, 0.717) is 0 Å². The van der Waals surface area contributed by atoms with Gasteiger partial charge in [0, 0.05) is 38.2 Å². The topological polar surface area (TPSA) is 42.7 Å². The van der Waals surface area contributed by atoms with Gasteiger partial charge in [-0.15, -0.1) is 0 Å². The molecule has 0 amide bonds. The van der Waals surface area contributed by atoms with Crippen LogP contribution in [0.1, 0.15) is 0 Å². The van der Waals surface area contributed by atoms with Crippen molar-refractivity contribution in [3.63, 3.8) is 0 Å². The Bertz CT molecular complexity index is 3110. The summed E-state index contributed by atoms with van der Waals surface area (Å²) >= 11 is 0. The van der Waals surface area contributed by atoms with Gasteiger partial charge in [-0.1, -0.05) is 133 Å². The molecular formula is C48H29NO3. The zero-order valence-corrected chi connectivity index (χ0v) is 27.9. The smallest absolute Gasteiger partial charge is 0.159 e. The Morgan fingerprint density at radius 1 is 0.308 bits per heavy atom. The molecule has 0 aliphatic heterocycles. The van der Waals surface area contributed by atoms with Crippen molar-refractivity contribution in [1.82, 2.24) is 0 Å².